The molecule has 0 saturated heterocycles. The normalized spacial score (nSPS) is 10.1. The van der Waals surface area contributed by atoms with Crippen LogP contribution in [0.3, 0.4) is 0 Å². The Morgan fingerprint density at radius 2 is 2.50 bits per heavy atom. The van der Waals surface area contributed by atoms with Crippen LogP contribution in [0.15, 0.2) is 11.6 Å². The first-order valence-electron chi connectivity index (χ1n) is 4.62. The highest BCUT2D eigenvalue weighted by atomic mass is 32.1. The Morgan fingerprint density at radius 1 is 1.64 bits per heavy atom. The summed E-state index contributed by atoms with van der Waals surface area (Å²) in [7, 11) is 1.88. The Morgan fingerprint density at radius 3 is 3.14 bits per heavy atom. The van der Waals surface area contributed by atoms with Gasteiger partial charge in [-0.25, -0.2) is 4.98 Å². The van der Waals surface area contributed by atoms with Gasteiger partial charge in [-0.05, 0) is 20.0 Å². The van der Waals surface area contributed by atoms with Crippen molar-refractivity contribution in [3.05, 3.63) is 16.6 Å². The lowest BCUT2D eigenvalue weighted by molar-refractivity contribution is -0.121. The van der Waals surface area contributed by atoms with E-state index in [2.05, 4.69) is 15.6 Å². The van der Waals surface area contributed by atoms with E-state index in [1.165, 1.54) is 0 Å². The number of carbonyl (C=O) groups is 1. The molecule has 0 radical (unpaired) electrons. The van der Waals surface area contributed by atoms with E-state index in [0.29, 0.717) is 13.0 Å². The van der Waals surface area contributed by atoms with Crippen molar-refractivity contribution >= 4 is 17.2 Å². The number of hydrogen-bond acceptors (Lipinski definition) is 4. The maximum atomic E-state index is 11.3. The quantitative estimate of drug-likeness (QED) is 0.686. The second-order valence-corrected chi connectivity index (χ2v) is 3.89. The number of aromatic nitrogens is 1. The van der Waals surface area contributed by atoms with Gasteiger partial charge in [-0.1, -0.05) is 0 Å². The van der Waals surface area contributed by atoms with Crippen molar-refractivity contribution in [2.45, 2.75) is 19.4 Å². The fourth-order valence-electron chi connectivity index (χ4n) is 1.03. The third-order valence-corrected chi connectivity index (χ3v) is 2.53. The van der Waals surface area contributed by atoms with Gasteiger partial charge in [0.2, 0.25) is 5.91 Å². The molecule has 0 saturated carbocycles. The minimum Gasteiger partial charge on any atom is -0.350 e. The highest BCUT2D eigenvalue weighted by molar-refractivity contribution is 7.09. The van der Waals surface area contributed by atoms with Gasteiger partial charge in [0.25, 0.3) is 0 Å². The van der Waals surface area contributed by atoms with Crippen LogP contribution < -0.4 is 10.6 Å². The van der Waals surface area contributed by atoms with Crippen molar-refractivity contribution in [2.75, 3.05) is 13.6 Å². The van der Waals surface area contributed by atoms with Crippen molar-refractivity contribution in [1.29, 1.82) is 0 Å². The van der Waals surface area contributed by atoms with Gasteiger partial charge in [-0.3, -0.25) is 4.79 Å². The van der Waals surface area contributed by atoms with Gasteiger partial charge < -0.3 is 10.6 Å². The molecular weight excluding hydrogens is 198 g/mol. The van der Waals surface area contributed by atoms with Crippen molar-refractivity contribution < 1.29 is 4.79 Å². The Hall–Kier alpha value is -0.940. The summed E-state index contributed by atoms with van der Waals surface area (Å²) in [4.78, 5) is 15.3. The lowest BCUT2D eigenvalue weighted by Gasteiger charge is -2.02. The zero-order valence-electron chi connectivity index (χ0n) is 8.25. The van der Waals surface area contributed by atoms with Crippen molar-refractivity contribution in [3.63, 3.8) is 0 Å². The van der Waals surface area contributed by atoms with Crippen LogP contribution >= 0.6 is 11.3 Å². The number of rotatable bonds is 6. The smallest absolute Gasteiger partial charge is 0.220 e. The van der Waals surface area contributed by atoms with Crippen molar-refractivity contribution in [2.24, 2.45) is 0 Å². The molecule has 0 aromatic carbocycles. The Bertz CT molecular complexity index is 261. The summed E-state index contributed by atoms with van der Waals surface area (Å²) in [5.74, 6) is 0.0930. The molecular formula is C9H15N3OS. The first kappa shape index (κ1) is 11.1. The molecule has 14 heavy (non-hydrogen) atoms. The summed E-state index contributed by atoms with van der Waals surface area (Å²) < 4.78 is 0. The van der Waals surface area contributed by atoms with E-state index in [9.17, 15) is 4.79 Å². The molecule has 1 amide bonds. The van der Waals surface area contributed by atoms with E-state index in [4.69, 9.17) is 0 Å². The molecule has 5 heteroatoms. The molecule has 1 aromatic heterocycles. The average Bonchev–Trinajstić information content (AvgIpc) is 2.68. The highest BCUT2D eigenvalue weighted by Crippen LogP contribution is 2.02. The van der Waals surface area contributed by atoms with Crippen LogP contribution in [0.5, 0.6) is 0 Å². The number of nitrogens with zero attached hydrogens (tertiary/aromatic N) is 1. The number of nitrogens with one attached hydrogen (secondary N) is 2. The van der Waals surface area contributed by atoms with E-state index in [-0.39, 0.29) is 5.91 Å². The maximum Gasteiger partial charge on any atom is 0.220 e. The highest BCUT2D eigenvalue weighted by Gasteiger charge is 2.01. The number of amides is 1. The Kier molecular flexibility index (Phi) is 5.17. The lowest BCUT2D eigenvalue weighted by Crippen LogP contribution is -2.23. The maximum absolute atomic E-state index is 11.3. The topological polar surface area (TPSA) is 54.0 Å². The van der Waals surface area contributed by atoms with Crippen LogP contribution in [0, 0.1) is 0 Å². The first-order chi connectivity index (χ1) is 6.83. The molecule has 0 unspecified atom stereocenters. The zero-order chi connectivity index (χ0) is 10.2. The predicted octanol–water partition coefficient (Wildman–Crippen LogP) is 0.759. The van der Waals surface area contributed by atoms with Gasteiger partial charge in [0.05, 0.1) is 6.54 Å². The predicted molar refractivity (Wildman–Crippen MR) is 57.1 cm³/mol. The van der Waals surface area contributed by atoms with Gasteiger partial charge in [-0.2, -0.15) is 0 Å². The van der Waals surface area contributed by atoms with E-state index < -0.39 is 0 Å². The molecule has 1 aromatic rings. The van der Waals surface area contributed by atoms with E-state index >= 15 is 0 Å². The molecule has 1 heterocycles. The molecule has 0 aliphatic rings. The Labute approximate surface area is 87.7 Å². The second-order valence-electron chi connectivity index (χ2n) is 2.91. The molecule has 78 valence electrons. The van der Waals surface area contributed by atoms with E-state index in [0.717, 1.165) is 18.0 Å². The summed E-state index contributed by atoms with van der Waals surface area (Å²) in [5, 5.41) is 8.68. The minimum atomic E-state index is 0.0930. The molecule has 4 nitrogen and oxygen atoms in total. The molecule has 0 bridgehead atoms. The van der Waals surface area contributed by atoms with E-state index in [1.54, 1.807) is 17.5 Å². The Balaban J connectivity index is 2.09. The summed E-state index contributed by atoms with van der Waals surface area (Å²) in [5.41, 5.74) is 0. The van der Waals surface area contributed by atoms with Crippen molar-refractivity contribution in [1.82, 2.24) is 15.6 Å². The van der Waals surface area contributed by atoms with Crippen LogP contribution in [0.25, 0.3) is 0 Å². The van der Waals surface area contributed by atoms with Crippen LogP contribution in [0.4, 0.5) is 0 Å². The van der Waals surface area contributed by atoms with Gasteiger partial charge in [0.15, 0.2) is 0 Å². The number of carbonyl (C=O) groups excluding carboxylic acids is 1. The fraction of sp³-hybridized carbons (Fsp3) is 0.556. The molecule has 0 aliphatic carbocycles. The number of thiazole rings is 1. The first-order valence-corrected chi connectivity index (χ1v) is 5.50. The molecule has 2 N–H and O–H groups in total. The van der Waals surface area contributed by atoms with Gasteiger partial charge in [0.1, 0.15) is 5.01 Å². The third-order valence-electron chi connectivity index (χ3n) is 1.75. The SMILES string of the molecule is CNCCCC(=O)NCc1nccs1. The molecule has 0 fully saturated rings. The standard InChI is InChI=1S/C9H15N3OS/c1-10-4-2-3-8(13)12-7-9-11-5-6-14-9/h5-6,10H,2-4,7H2,1H3,(H,12,13). The average molecular weight is 213 g/mol. The minimum absolute atomic E-state index is 0.0930. The lowest BCUT2D eigenvalue weighted by atomic mass is 10.3. The van der Waals surface area contributed by atoms with E-state index in [1.807, 2.05) is 12.4 Å². The molecule has 0 spiro atoms. The summed E-state index contributed by atoms with van der Waals surface area (Å²) in [6.45, 7) is 1.43. The third kappa shape index (κ3) is 4.34. The van der Waals surface area contributed by atoms with Crippen molar-refractivity contribution in [3.8, 4) is 0 Å². The largest absolute Gasteiger partial charge is 0.350 e. The van der Waals surface area contributed by atoms with Gasteiger partial charge in [-0.15, -0.1) is 11.3 Å². The van der Waals surface area contributed by atoms with Crippen LogP contribution in [-0.2, 0) is 11.3 Å². The summed E-state index contributed by atoms with van der Waals surface area (Å²) in [6.07, 6.45) is 3.19. The molecule has 0 atom stereocenters. The van der Waals surface area contributed by atoms with Crippen LogP contribution in [0.1, 0.15) is 17.8 Å². The van der Waals surface area contributed by atoms with Crippen LogP contribution in [-0.4, -0.2) is 24.5 Å². The molecule has 1 rings (SSSR count). The molecule has 0 aliphatic heterocycles. The van der Waals surface area contributed by atoms with Gasteiger partial charge in [0, 0.05) is 18.0 Å². The fourth-order valence-corrected chi connectivity index (χ4v) is 1.58. The number of hydrogen-bond donors (Lipinski definition) is 2. The summed E-state index contributed by atoms with van der Waals surface area (Å²) in [6, 6.07) is 0. The van der Waals surface area contributed by atoms with Gasteiger partial charge >= 0.3 is 0 Å². The van der Waals surface area contributed by atoms with Crippen LogP contribution in [0.2, 0.25) is 0 Å². The zero-order valence-corrected chi connectivity index (χ0v) is 9.06. The summed E-state index contributed by atoms with van der Waals surface area (Å²) >= 11 is 1.56. The monoisotopic (exact) mass is 213 g/mol. The second kappa shape index (κ2) is 6.50.